The monoisotopic (exact) mass is 269 g/mol. The van der Waals surface area contributed by atoms with E-state index in [2.05, 4.69) is 10.1 Å². The molecule has 0 atom stereocenters. The summed E-state index contributed by atoms with van der Waals surface area (Å²) in [5.41, 5.74) is 0. The number of amides is 1. The third-order valence-corrected chi connectivity index (χ3v) is 2.07. The minimum absolute atomic E-state index is 0.00188. The van der Waals surface area contributed by atoms with Gasteiger partial charge in [0.15, 0.2) is 0 Å². The number of ether oxygens (including phenoxy) is 1. The Labute approximate surface area is 104 Å². The lowest BCUT2D eigenvalue weighted by Gasteiger charge is -2.07. The van der Waals surface area contributed by atoms with Gasteiger partial charge in [-0.2, -0.15) is 13.2 Å². The third kappa shape index (κ3) is 11.2. The highest BCUT2D eigenvalue weighted by Gasteiger charge is 2.25. The molecule has 1 N–H and O–H groups in total. The predicted octanol–water partition coefficient (Wildman–Crippen LogP) is 2.18. The number of hydrogen-bond donors (Lipinski definition) is 1. The Bertz CT molecular complexity index is 267. The lowest BCUT2D eigenvalue weighted by Crippen LogP contribution is -2.25. The molecule has 4 nitrogen and oxygen atoms in total. The van der Waals surface area contributed by atoms with E-state index in [1.54, 1.807) is 6.92 Å². The average Bonchev–Trinajstić information content (AvgIpc) is 2.25. The van der Waals surface area contributed by atoms with Gasteiger partial charge >= 0.3 is 12.1 Å². The number of alkyl halides is 3. The Hall–Kier alpha value is -1.27. The maximum absolute atomic E-state index is 11.8. The first-order valence-electron chi connectivity index (χ1n) is 5.84. The van der Waals surface area contributed by atoms with Crippen molar-refractivity contribution in [2.75, 3.05) is 13.2 Å². The molecule has 106 valence electrons. The Kier molecular flexibility index (Phi) is 8.15. The van der Waals surface area contributed by atoms with Crippen LogP contribution in [0.25, 0.3) is 0 Å². The average molecular weight is 269 g/mol. The van der Waals surface area contributed by atoms with Crippen LogP contribution in [0.4, 0.5) is 13.2 Å². The second-order valence-electron chi connectivity index (χ2n) is 3.73. The van der Waals surface area contributed by atoms with Gasteiger partial charge in [0, 0.05) is 19.4 Å². The summed E-state index contributed by atoms with van der Waals surface area (Å²) in [6.07, 6.45) is -4.74. The van der Waals surface area contributed by atoms with Crippen molar-refractivity contribution in [3.05, 3.63) is 0 Å². The molecule has 0 aliphatic heterocycles. The van der Waals surface area contributed by atoms with Crippen molar-refractivity contribution in [1.82, 2.24) is 5.32 Å². The first-order valence-corrected chi connectivity index (χ1v) is 5.84. The number of carbonyl (C=O) groups excluding carboxylic acids is 2. The number of unbranched alkanes of at least 4 members (excludes halogenated alkanes) is 1. The topological polar surface area (TPSA) is 55.4 Å². The highest BCUT2D eigenvalue weighted by atomic mass is 19.4. The first-order chi connectivity index (χ1) is 8.35. The zero-order valence-electron chi connectivity index (χ0n) is 10.3. The van der Waals surface area contributed by atoms with E-state index in [9.17, 15) is 22.8 Å². The Morgan fingerprint density at radius 3 is 2.39 bits per heavy atom. The first kappa shape index (κ1) is 16.7. The quantitative estimate of drug-likeness (QED) is 0.543. The summed E-state index contributed by atoms with van der Waals surface area (Å²) >= 11 is 0. The largest absolute Gasteiger partial charge is 0.466 e. The number of hydrogen-bond acceptors (Lipinski definition) is 3. The molecule has 0 spiro atoms. The summed E-state index contributed by atoms with van der Waals surface area (Å²) in [6.45, 7) is 2.12. The van der Waals surface area contributed by atoms with Crippen molar-refractivity contribution < 1.29 is 27.5 Å². The van der Waals surface area contributed by atoms with Gasteiger partial charge in [-0.1, -0.05) is 0 Å². The van der Waals surface area contributed by atoms with E-state index in [0.717, 1.165) is 0 Å². The van der Waals surface area contributed by atoms with Crippen LogP contribution in [0, 0.1) is 0 Å². The van der Waals surface area contributed by atoms with E-state index in [-0.39, 0.29) is 44.7 Å². The van der Waals surface area contributed by atoms with Gasteiger partial charge in [-0.15, -0.1) is 0 Å². The number of halogens is 3. The molecule has 0 bridgehead atoms. The molecule has 0 saturated heterocycles. The molecule has 0 aromatic heterocycles. The Balaban J connectivity index is 3.46. The van der Waals surface area contributed by atoms with Crippen molar-refractivity contribution in [2.24, 2.45) is 0 Å². The van der Waals surface area contributed by atoms with Crippen molar-refractivity contribution in [3.8, 4) is 0 Å². The van der Waals surface area contributed by atoms with Gasteiger partial charge in [0.25, 0.3) is 0 Å². The molecule has 0 aromatic carbocycles. The lowest BCUT2D eigenvalue weighted by molar-refractivity contribution is -0.144. The molecule has 7 heteroatoms. The normalized spacial score (nSPS) is 11.1. The van der Waals surface area contributed by atoms with E-state index in [1.807, 2.05) is 0 Å². The zero-order chi connectivity index (χ0) is 14.0. The van der Waals surface area contributed by atoms with Crippen molar-refractivity contribution >= 4 is 11.9 Å². The standard InChI is InChI=1S/C11H18F3NO3/c1-2-18-10(17)6-5-9(16)15-8-4-3-7-11(12,13)14/h2-8H2,1H3,(H,15,16). The van der Waals surface area contributed by atoms with Crippen LogP contribution in [0.3, 0.4) is 0 Å². The maximum Gasteiger partial charge on any atom is 0.389 e. The summed E-state index contributed by atoms with van der Waals surface area (Å²) in [5, 5.41) is 2.45. The van der Waals surface area contributed by atoms with Crippen molar-refractivity contribution in [3.63, 3.8) is 0 Å². The van der Waals surface area contributed by atoms with Crippen LogP contribution in [-0.4, -0.2) is 31.2 Å². The molecule has 18 heavy (non-hydrogen) atoms. The van der Waals surface area contributed by atoms with Crippen LogP contribution in [-0.2, 0) is 14.3 Å². The van der Waals surface area contributed by atoms with Gasteiger partial charge in [0.2, 0.25) is 5.91 Å². The fourth-order valence-electron chi connectivity index (χ4n) is 1.22. The van der Waals surface area contributed by atoms with E-state index in [4.69, 9.17) is 0 Å². The third-order valence-electron chi connectivity index (χ3n) is 2.07. The fraction of sp³-hybridized carbons (Fsp3) is 0.818. The van der Waals surface area contributed by atoms with Crippen molar-refractivity contribution in [1.29, 1.82) is 0 Å². The second kappa shape index (κ2) is 8.77. The number of rotatable bonds is 8. The Morgan fingerprint density at radius 1 is 1.17 bits per heavy atom. The molecule has 0 rings (SSSR count). The highest BCUT2D eigenvalue weighted by molar-refractivity contribution is 5.81. The minimum Gasteiger partial charge on any atom is -0.466 e. The smallest absolute Gasteiger partial charge is 0.389 e. The predicted molar refractivity (Wildman–Crippen MR) is 58.8 cm³/mol. The molecule has 0 aliphatic rings. The van der Waals surface area contributed by atoms with Crippen molar-refractivity contribution in [2.45, 2.75) is 45.2 Å². The van der Waals surface area contributed by atoms with Gasteiger partial charge in [-0.25, -0.2) is 0 Å². The fourth-order valence-corrected chi connectivity index (χ4v) is 1.22. The second-order valence-corrected chi connectivity index (χ2v) is 3.73. The van der Waals surface area contributed by atoms with Crippen LogP contribution >= 0.6 is 0 Å². The number of nitrogens with one attached hydrogen (secondary N) is 1. The van der Waals surface area contributed by atoms with Crippen LogP contribution < -0.4 is 5.32 Å². The van der Waals surface area contributed by atoms with E-state index < -0.39 is 18.6 Å². The zero-order valence-corrected chi connectivity index (χ0v) is 10.3. The lowest BCUT2D eigenvalue weighted by atomic mass is 10.2. The van der Waals surface area contributed by atoms with Crippen LogP contribution in [0.15, 0.2) is 0 Å². The van der Waals surface area contributed by atoms with Crippen LogP contribution in [0.5, 0.6) is 0 Å². The molecular formula is C11H18F3NO3. The highest BCUT2D eigenvalue weighted by Crippen LogP contribution is 2.21. The molecule has 0 radical (unpaired) electrons. The van der Waals surface area contributed by atoms with Gasteiger partial charge < -0.3 is 10.1 Å². The maximum atomic E-state index is 11.8. The van der Waals surface area contributed by atoms with Gasteiger partial charge in [-0.05, 0) is 19.8 Å². The SMILES string of the molecule is CCOC(=O)CCC(=O)NCCCCC(F)(F)F. The Morgan fingerprint density at radius 2 is 1.83 bits per heavy atom. The molecule has 1 amide bonds. The van der Waals surface area contributed by atoms with Crippen LogP contribution in [0.1, 0.15) is 39.0 Å². The summed E-state index contributed by atoms with van der Waals surface area (Å²) in [6, 6.07) is 0. The molecular weight excluding hydrogens is 251 g/mol. The van der Waals surface area contributed by atoms with E-state index >= 15 is 0 Å². The number of carbonyl (C=O) groups is 2. The molecule has 0 heterocycles. The molecule has 0 unspecified atom stereocenters. The summed E-state index contributed by atoms with van der Waals surface area (Å²) in [4.78, 5) is 22.1. The van der Waals surface area contributed by atoms with Gasteiger partial charge in [0.05, 0.1) is 13.0 Å². The minimum atomic E-state index is -4.14. The summed E-state index contributed by atoms with van der Waals surface area (Å²) < 4.78 is 40.0. The van der Waals surface area contributed by atoms with Crippen LogP contribution in [0.2, 0.25) is 0 Å². The van der Waals surface area contributed by atoms with Gasteiger partial charge in [-0.3, -0.25) is 9.59 Å². The van der Waals surface area contributed by atoms with E-state index in [1.165, 1.54) is 0 Å². The summed E-state index contributed by atoms with van der Waals surface area (Å²) in [5.74, 6) is -0.806. The molecule has 0 aromatic rings. The number of esters is 1. The molecule has 0 saturated carbocycles. The van der Waals surface area contributed by atoms with Gasteiger partial charge in [0.1, 0.15) is 0 Å². The molecule has 0 aliphatic carbocycles. The summed E-state index contributed by atoms with van der Waals surface area (Å²) in [7, 11) is 0. The molecule has 0 fully saturated rings. The van der Waals surface area contributed by atoms with E-state index in [0.29, 0.717) is 0 Å².